The summed E-state index contributed by atoms with van der Waals surface area (Å²) in [6.45, 7) is 6.63. The molecule has 2 aromatic rings. The van der Waals surface area contributed by atoms with Gasteiger partial charge in [0.15, 0.2) is 0 Å². The van der Waals surface area contributed by atoms with Crippen LogP contribution in [0.5, 0.6) is 5.75 Å². The van der Waals surface area contributed by atoms with E-state index in [4.69, 9.17) is 9.84 Å². The number of hydrogen-bond acceptors (Lipinski definition) is 4. The van der Waals surface area contributed by atoms with Crippen molar-refractivity contribution in [3.8, 4) is 5.75 Å². The van der Waals surface area contributed by atoms with E-state index in [-0.39, 0.29) is 17.8 Å². The molecule has 1 atom stereocenters. The Hall–Kier alpha value is -2.05. The van der Waals surface area contributed by atoms with Crippen molar-refractivity contribution in [1.82, 2.24) is 10.3 Å². The van der Waals surface area contributed by atoms with Gasteiger partial charge in [0.1, 0.15) is 24.2 Å². The molecule has 0 unspecified atom stereocenters. The maximum atomic E-state index is 11.0. The highest BCUT2D eigenvalue weighted by Crippen LogP contribution is 2.26. The Morgan fingerprint density at radius 2 is 2.14 bits per heavy atom. The number of nitrogens with one attached hydrogen (secondary N) is 2. The predicted molar refractivity (Wildman–Crippen MR) is 84.5 cm³/mol. The fourth-order valence-electron chi connectivity index (χ4n) is 2.04. The van der Waals surface area contributed by atoms with Crippen molar-refractivity contribution in [1.29, 1.82) is 0 Å². The van der Waals surface area contributed by atoms with Crippen molar-refractivity contribution in [2.75, 3.05) is 13.2 Å². The van der Waals surface area contributed by atoms with E-state index in [1.807, 2.05) is 20.8 Å². The highest BCUT2D eigenvalue weighted by Gasteiger charge is 2.14. The van der Waals surface area contributed by atoms with Crippen molar-refractivity contribution < 1.29 is 19.7 Å². The van der Waals surface area contributed by atoms with Crippen LogP contribution in [-0.4, -0.2) is 46.0 Å². The average molecular weight is 306 g/mol. The van der Waals surface area contributed by atoms with Gasteiger partial charge in [0, 0.05) is 23.0 Å². The molecular weight excluding hydrogens is 284 g/mol. The van der Waals surface area contributed by atoms with Gasteiger partial charge in [-0.3, -0.25) is 0 Å². The number of hydrogen-bond donors (Lipinski definition) is 4. The van der Waals surface area contributed by atoms with Gasteiger partial charge < -0.3 is 25.3 Å². The molecule has 0 saturated heterocycles. The number of carboxylic acid groups (broad SMARTS) is 1. The topological polar surface area (TPSA) is 94.6 Å². The Balaban J connectivity index is 2.04. The van der Waals surface area contributed by atoms with Gasteiger partial charge in [0.25, 0.3) is 0 Å². The molecule has 0 spiro atoms. The minimum absolute atomic E-state index is 0.0714. The summed E-state index contributed by atoms with van der Waals surface area (Å²) in [5, 5.41) is 22.9. The fraction of sp³-hybridized carbons (Fsp3) is 0.438. The summed E-state index contributed by atoms with van der Waals surface area (Å²) >= 11 is 0. The van der Waals surface area contributed by atoms with Crippen LogP contribution in [0.1, 0.15) is 31.3 Å². The molecule has 1 heterocycles. The Kier molecular flexibility index (Phi) is 4.73. The molecule has 1 aromatic heterocycles. The van der Waals surface area contributed by atoms with Crippen molar-refractivity contribution in [2.24, 2.45) is 0 Å². The summed E-state index contributed by atoms with van der Waals surface area (Å²) in [6, 6.07) is 6.85. The number of aromatic amines is 1. The van der Waals surface area contributed by atoms with Gasteiger partial charge in [-0.1, -0.05) is 6.07 Å². The summed E-state index contributed by atoms with van der Waals surface area (Å²) in [4.78, 5) is 13.8. The minimum Gasteiger partial charge on any atom is -0.490 e. The number of aromatic carboxylic acids is 1. The van der Waals surface area contributed by atoms with Crippen LogP contribution in [0.15, 0.2) is 24.3 Å². The van der Waals surface area contributed by atoms with E-state index < -0.39 is 12.1 Å². The van der Waals surface area contributed by atoms with E-state index in [0.717, 1.165) is 0 Å². The Morgan fingerprint density at radius 1 is 1.41 bits per heavy atom. The first-order valence-electron chi connectivity index (χ1n) is 7.17. The molecule has 0 saturated carbocycles. The van der Waals surface area contributed by atoms with Crippen LogP contribution in [0, 0.1) is 0 Å². The summed E-state index contributed by atoms with van der Waals surface area (Å²) in [5.74, 6) is -0.465. The van der Waals surface area contributed by atoms with E-state index in [2.05, 4.69) is 10.3 Å². The number of carbonyl (C=O) groups is 1. The number of aliphatic hydroxyl groups excluding tert-OH is 1. The van der Waals surface area contributed by atoms with Crippen LogP contribution in [0.25, 0.3) is 10.9 Å². The largest absolute Gasteiger partial charge is 0.490 e. The third-order valence-electron chi connectivity index (χ3n) is 3.15. The van der Waals surface area contributed by atoms with Gasteiger partial charge in [-0.2, -0.15) is 0 Å². The monoisotopic (exact) mass is 306 g/mol. The Morgan fingerprint density at radius 3 is 2.77 bits per heavy atom. The lowest BCUT2D eigenvalue weighted by Gasteiger charge is -2.23. The molecule has 1 aromatic carbocycles. The third-order valence-corrected chi connectivity index (χ3v) is 3.15. The van der Waals surface area contributed by atoms with Gasteiger partial charge >= 0.3 is 5.97 Å². The van der Waals surface area contributed by atoms with Crippen LogP contribution in [0.2, 0.25) is 0 Å². The first kappa shape index (κ1) is 16.3. The zero-order valence-electron chi connectivity index (χ0n) is 13.0. The van der Waals surface area contributed by atoms with E-state index in [1.165, 1.54) is 6.07 Å². The smallest absolute Gasteiger partial charge is 0.352 e. The molecule has 0 radical (unpaired) electrons. The molecule has 120 valence electrons. The average Bonchev–Trinajstić information content (AvgIpc) is 2.86. The van der Waals surface area contributed by atoms with Crippen molar-refractivity contribution in [3.05, 3.63) is 30.0 Å². The third kappa shape index (κ3) is 4.22. The van der Waals surface area contributed by atoms with Crippen molar-refractivity contribution in [2.45, 2.75) is 32.4 Å². The van der Waals surface area contributed by atoms with Gasteiger partial charge in [0.2, 0.25) is 0 Å². The maximum Gasteiger partial charge on any atom is 0.352 e. The zero-order chi connectivity index (χ0) is 16.3. The van der Waals surface area contributed by atoms with E-state index in [9.17, 15) is 9.90 Å². The first-order valence-corrected chi connectivity index (χ1v) is 7.17. The lowest BCUT2D eigenvalue weighted by molar-refractivity contribution is 0.0691. The number of benzene rings is 1. The van der Waals surface area contributed by atoms with Gasteiger partial charge in [-0.15, -0.1) is 0 Å². The number of carboxylic acids is 1. The van der Waals surface area contributed by atoms with Crippen LogP contribution >= 0.6 is 0 Å². The number of aliphatic hydroxyl groups is 1. The molecular formula is C16H22N2O4. The van der Waals surface area contributed by atoms with E-state index >= 15 is 0 Å². The SMILES string of the molecule is CC(C)(C)NC[C@H](O)COc1cccc2[nH]c(C(=O)O)cc12. The first-order chi connectivity index (χ1) is 10.3. The molecule has 0 aliphatic rings. The number of β-amino-alcohol motifs (C(OH)–C–C–N with tert-alkyl or cyclic N) is 1. The molecule has 4 N–H and O–H groups in total. The lowest BCUT2D eigenvalue weighted by atomic mass is 10.1. The van der Waals surface area contributed by atoms with Crippen LogP contribution in [-0.2, 0) is 0 Å². The molecule has 0 bridgehead atoms. The normalized spacial score (nSPS) is 13.3. The van der Waals surface area contributed by atoms with Crippen LogP contribution < -0.4 is 10.1 Å². The Labute approximate surface area is 129 Å². The van der Waals surface area contributed by atoms with Crippen LogP contribution in [0.3, 0.4) is 0 Å². The standard InChI is InChI=1S/C16H22N2O4/c1-16(2,3)17-8-10(19)9-22-14-6-4-5-12-11(14)7-13(18-12)15(20)21/h4-7,10,17-19H,8-9H2,1-3H3,(H,20,21)/t10-/m0/s1. The molecule has 0 amide bonds. The molecule has 0 aliphatic heterocycles. The van der Waals surface area contributed by atoms with Gasteiger partial charge in [-0.25, -0.2) is 4.79 Å². The highest BCUT2D eigenvalue weighted by atomic mass is 16.5. The summed E-state index contributed by atoms with van der Waals surface area (Å²) in [7, 11) is 0. The molecule has 0 fully saturated rings. The number of aromatic nitrogens is 1. The summed E-state index contributed by atoms with van der Waals surface area (Å²) < 4.78 is 5.64. The molecule has 6 heteroatoms. The number of H-pyrrole nitrogens is 1. The fourth-order valence-corrected chi connectivity index (χ4v) is 2.04. The second kappa shape index (κ2) is 6.37. The van der Waals surface area contributed by atoms with Gasteiger partial charge in [-0.05, 0) is 39.0 Å². The summed E-state index contributed by atoms with van der Waals surface area (Å²) in [5.41, 5.74) is 0.732. The molecule has 22 heavy (non-hydrogen) atoms. The van der Waals surface area contributed by atoms with Crippen molar-refractivity contribution in [3.63, 3.8) is 0 Å². The quantitative estimate of drug-likeness (QED) is 0.655. The second-order valence-corrected chi connectivity index (χ2v) is 6.30. The van der Waals surface area contributed by atoms with Gasteiger partial charge in [0.05, 0.1) is 0 Å². The Bertz CT molecular complexity index is 658. The van der Waals surface area contributed by atoms with E-state index in [0.29, 0.717) is 23.2 Å². The summed E-state index contributed by atoms with van der Waals surface area (Å²) in [6.07, 6.45) is -0.646. The molecule has 0 aliphatic carbocycles. The lowest BCUT2D eigenvalue weighted by Crippen LogP contribution is -2.42. The zero-order valence-corrected chi connectivity index (χ0v) is 13.0. The number of ether oxygens (including phenoxy) is 1. The maximum absolute atomic E-state index is 11.0. The van der Waals surface area contributed by atoms with Crippen LogP contribution in [0.4, 0.5) is 0 Å². The molecule has 2 rings (SSSR count). The predicted octanol–water partition coefficient (Wildman–Crippen LogP) is 1.99. The number of fused-ring (bicyclic) bond motifs is 1. The second-order valence-electron chi connectivity index (χ2n) is 6.30. The van der Waals surface area contributed by atoms with E-state index in [1.54, 1.807) is 18.2 Å². The minimum atomic E-state index is -1.02. The molecule has 6 nitrogen and oxygen atoms in total. The van der Waals surface area contributed by atoms with Crippen molar-refractivity contribution >= 4 is 16.9 Å². The highest BCUT2D eigenvalue weighted by molar-refractivity contribution is 5.96. The number of rotatable bonds is 6.